The first-order valence-corrected chi connectivity index (χ1v) is 9.26. The van der Waals surface area contributed by atoms with Crippen molar-refractivity contribution in [1.29, 1.82) is 5.26 Å². The van der Waals surface area contributed by atoms with Crippen LogP contribution in [0.2, 0.25) is 0 Å². The van der Waals surface area contributed by atoms with Gasteiger partial charge >= 0.3 is 5.97 Å². The van der Waals surface area contributed by atoms with Gasteiger partial charge in [-0.15, -0.1) is 0 Å². The van der Waals surface area contributed by atoms with Gasteiger partial charge in [-0.3, -0.25) is 0 Å². The van der Waals surface area contributed by atoms with E-state index in [0.717, 1.165) is 22.4 Å². The van der Waals surface area contributed by atoms with Gasteiger partial charge in [0.15, 0.2) is 0 Å². The highest BCUT2D eigenvalue weighted by molar-refractivity contribution is 5.98. The lowest BCUT2D eigenvalue weighted by atomic mass is 9.97. The first-order valence-electron chi connectivity index (χ1n) is 9.26. The Labute approximate surface area is 165 Å². The summed E-state index contributed by atoms with van der Waals surface area (Å²) in [5.41, 5.74) is 11.8. The van der Waals surface area contributed by atoms with Gasteiger partial charge in [-0.2, -0.15) is 5.26 Å². The summed E-state index contributed by atoms with van der Waals surface area (Å²) >= 11 is 0. The Bertz CT molecular complexity index is 1060. The van der Waals surface area contributed by atoms with Crippen molar-refractivity contribution in [3.05, 3.63) is 65.5 Å². The van der Waals surface area contributed by atoms with Gasteiger partial charge in [-0.1, -0.05) is 43.3 Å². The van der Waals surface area contributed by atoms with Gasteiger partial charge in [0.05, 0.1) is 12.2 Å². The average Bonchev–Trinajstić information content (AvgIpc) is 2.99. The van der Waals surface area contributed by atoms with Crippen molar-refractivity contribution in [1.82, 2.24) is 4.57 Å². The fourth-order valence-corrected chi connectivity index (χ4v) is 3.53. The maximum absolute atomic E-state index is 12.6. The van der Waals surface area contributed by atoms with Gasteiger partial charge in [0, 0.05) is 24.0 Å². The molecule has 0 unspecified atom stereocenters. The number of anilines is 1. The Morgan fingerprint density at radius 1 is 1.11 bits per heavy atom. The van der Waals surface area contributed by atoms with Crippen LogP contribution in [0.25, 0.3) is 22.3 Å². The van der Waals surface area contributed by atoms with Crippen molar-refractivity contribution in [2.45, 2.75) is 20.3 Å². The predicted molar refractivity (Wildman–Crippen MR) is 111 cm³/mol. The van der Waals surface area contributed by atoms with Crippen molar-refractivity contribution < 1.29 is 9.53 Å². The molecule has 0 bridgehead atoms. The van der Waals surface area contributed by atoms with Gasteiger partial charge in [0.2, 0.25) is 0 Å². The van der Waals surface area contributed by atoms with Crippen molar-refractivity contribution in [3.63, 3.8) is 0 Å². The number of carbonyl (C=O) groups is 1. The highest BCUT2D eigenvalue weighted by Gasteiger charge is 2.26. The van der Waals surface area contributed by atoms with Crippen molar-refractivity contribution in [2.75, 3.05) is 12.3 Å². The zero-order valence-corrected chi connectivity index (χ0v) is 16.3. The van der Waals surface area contributed by atoms with E-state index in [4.69, 9.17) is 10.5 Å². The molecule has 0 fully saturated rings. The summed E-state index contributed by atoms with van der Waals surface area (Å²) in [6.07, 6.45) is 0.646. The summed E-state index contributed by atoms with van der Waals surface area (Å²) in [5, 5.41) is 9.77. The third-order valence-electron chi connectivity index (χ3n) is 4.82. The second kappa shape index (κ2) is 8.01. The molecule has 3 aromatic rings. The number of nitrogens with two attached hydrogens (primary N) is 1. The Morgan fingerprint density at radius 2 is 1.79 bits per heavy atom. The lowest BCUT2D eigenvalue weighted by Crippen LogP contribution is -2.12. The third kappa shape index (κ3) is 3.37. The topological polar surface area (TPSA) is 81.0 Å². The third-order valence-corrected chi connectivity index (χ3v) is 4.82. The molecular formula is C23H23N3O2. The normalized spacial score (nSPS) is 10.5. The van der Waals surface area contributed by atoms with E-state index in [1.54, 1.807) is 18.5 Å². The standard InChI is InChI=1S/C23H23N3O2/c1-4-20-19(14-24)21(22(26(20)3)23(27)28-5-2)16-11-9-15(10-12-16)17-7-6-8-18(25)13-17/h6-13H,4-5,25H2,1-3H3. The molecule has 1 aromatic heterocycles. The summed E-state index contributed by atoms with van der Waals surface area (Å²) in [6, 6.07) is 17.7. The molecule has 0 saturated carbocycles. The van der Waals surface area contributed by atoms with Crippen LogP contribution in [0.1, 0.15) is 35.6 Å². The Balaban J connectivity index is 2.15. The van der Waals surface area contributed by atoms with Crippen LogP contribution in [0.4, 0.5) is 5.69 Å². The van der Waals surface area contributed by atoms with E-state index in [9.17, 15) is 10.1 Å². The molecule has 0 saturated heterocycles. The molecule has 28 heavy (non-hydrogen) atoms. The molecule has 0 aliphatic carbocycles. The molecule has 0 radical (unpaired) electrons. The minimum atomic E-state index is -0.420. The quantitative estimate of drug-likeness (QED) is 0.525. The lowest BCUT2D eigenvalue weighted by molar-refractivity contribution is 0.0516. The van der Waals surface area contributed by atoms with Crippen LogP contribution in [0.15, 0.2) is 48.5 Å². The summed E-state index contributed by atoms with van der Waals surface area (Å²) in [6.45, 7) is 4.02. The second-order valence-corrected chi connectivity index (χ2v) is 6.49. The summed E-state index contributed by atoms with van der Waals surface area (Å²) in [4.78, 5) is 12.6. The van der Waals surface area contributed by atoms with Gasteiger partial charge in [-0.25, -0.2) is 4.79 Å². The molecule has 0 aliphatic rings. The molecule has 0 spiro atoms. The van der Waals surface area contributed by atoms with E-state index < -0.39 is 5.97 Å². The number of benzene rings is 2. The molecule has 0 aliphatic heterocycles. The predicted octanol–water partition coefficient (Wildman–Crippen LogP) is 4.55. The molecule has 2 N–H and O–H groups in total. The monoisotopic (exact) mass is 373 g/mol. The SMILES string of the molecule is CCOC(=O)c1c(-c2ccc(-c3cccc(N)c3)cc2)c(C#N)c(CC)n1C. The molecule has 1 heterocycles. The minimum absolute atomic E-state index is 0.279. The van der Waals surface area contributed by atoms with Crippen molar-refractivity contribution in [2.24, 2.45) is 7.05 Å². The molecule has 0 atom stereocenters. The summed E-state index contributed by atoms with van der Waals surface area (Å²) in [5.74, 6) is -0.420. The number of aromatic nitrogens is 1. The fourth-order valence-electron chi connectivity index (χ4n) is 3.53. The Hall–Kier alpha value is -3.52. The molecular weight excluding hydrogens is 350 g/mol. The number of nitriles is 1. The second-order valence-electron chi connectivity index (χ2n) is 6.49. The molecule has 5 heteroatoms. The first kappa shape index (κ1) is 19.2. The first-order chi connectivity index (χ1) is 13.5. The lowest BCUT2D eigenvalue weighted by Gasteiger charge is -2.09. The van der Waals surface area contributed by atoms with Crippen LogP contribution >= 0.6 is 0 Å². The van der Waals surface area contributed by atoms with E-state index in [0.29, 0.717) is 28.9 Å². The van der Waals surface area contributed by atoms with Crippen molar-refractivity contribution in [3.8, 4) is 28.3 Å². The number of hydrogen-bond acceptors (Lipinski definition) is 4. The Morgan fingerprint density at radius 3 is 2.36 bits per heavy atom. The van der Waals surface area contributed by atoms with Crippen LogP contribution < -0.4 is 5.73 Å². The van der Waals surface area contributed by atoms with E-state index in [2.05, 4.69) is 6.07 Å². The fraction of sp³-hybridized carbons (Fsp3) is 0.217. The van der Waals surface area contributed by atoms with Gasteiger partial charge < -0.3 is 15.0 Å². The van der Waals surface area contributed by atoms with Crippen LogP contribution in [0, 0.1) is 11.3 Å². The van der Waals surface area contributed by atoms with Crippen molar-refractivity contribution >= 4 is 11.7 Å². The summed E-state index contributed by atoms with van der Waals surface area (Å²) < 4.78 is 7.03. The molecule has 142 valence electrons. The number of hydrogen-bond donors (Lipinski definition) is 1. The number of nitrogen functional groups attached to an aromatic ring is 1. The number of ether oxygens (including phenoxy) is 1. The molecule has 2 aromatic carbocycles. The van der Waals surface area contributed by atoms with Crippen LogP contribution in [0.5, 0.6) is 0 Å². The highest BCUT2D eigenvalue weighted by Crippen LogP contribution is 2.34. The molecule has 0 amide bonds. The van der Waals surface area contributed by atoms with Gasteiger partial charge in [-0.05, 0) is 42.2 Å². The number of esters is 1. The average molecular weight is 373 g/mol. The number of carbonyl (C=O) groups excluding carboxylic acids is 1. The Kier molecular flexibility index (Phi) is 5.51. The van der Waals surface area contributed by atoms with Crippen LogP contribution in [-0.4, -0.2) is 17.1 Å². The van der Waals surface area contributed by atoms with E-state index in [1.807, 2.05) is 55.5 Å². The van der Waals surface area contributed by atoms with E-state index in [1.165, 1.54) is 0 Å². The zero-order chi connectivity index (χ0) is 20.3. The van der Waals surface area contributed by atoms with Gasteiger partial charge in [0.25, 0.3) is 0 Å². The van der Waals surface area contributed by atoms with Gasteiger partial charge in [0.1, 0.15) is 11.8 Å². The molecule has 3 rings (SSSR count). The van der Waals surface area contributed by atoms with Crippen LogP contribution in [0.3, 0.4) is 0 Å². The van der Waals surface area contributed by atoms with E-state index >= 15 is 0 Å². The maximum atomic E-state index is 12.6. The van der Waals surface area contributed by atoms with Crippen LogP contribution in [-0.2, 0) is 18.2 Å². The number of rotatable bonds is 5. The largest absolute Gasteiger partial charge is 0.461 e. The zero-order valence-electron chi connectivity index (χ0n) is 16.3. The minimum Gasteiger partial charge on any atom is -0.461 e. The summed E-state index contributed by atoms with van der Waals surface area (Å²) in [7, 11) is 1.80. The van der Waals surface area contributed by atoms with E-state index in [-0.39, 0.29) is 6.61 Å². The number of nitrogens with zero attached hydrogens (tertiary/aromatic N) is 2. The highest BCUT2D eigenvalue weighted by atomic mass is 16.5. The maximum Gasteiger partial charge on any atom is 0.355 e. The molecule has 5 nitrogen and oxygen atoms in total. The smallest absolute Gasteiger partial charge is 0.355 e.